The molecule has 1 amide bonds. The number of hydrogen-bond donors (Lipinski definition) is 1. The molecule has 1 fully saturated rings. The van der Waals surface area contributed by atoms with E-state index < -0.39 is 0 Å². The standard InChI is InChI=1S/C17H20N2O4/c1-11-8-14(20)16(18-9-11)17(21)19-7-3-4-13(19)15-6-5-12(23-15)10-22-2/h5-6,8-9,13,20H,3-4,7,10H2,1-2H3. The number of furan rings is 1. The molecule has 1 aliphatic rings. The van der Waals surface area contributed by atoms with Crippen LogP contribution >= 0.6 is 0 Å². The number of likely N-dealkylation sites (tertiary alicyclic amines) is 1. The third kappa shape index (κ3) is 3.07. The first-order valence-electron chi connectivity index (χ1n) is 7.64. The monoisotopic (exact) mass is 316 g/mol. The fraction of sp³-hybridized carbons (Fsp3) is 0.412. The molecule has 1 unspecified atom stereocenters. The van der Waals surface area contributed by atoms with Crippen LogP contribution in [-0.4, -0.2) is 34.6 Å². The fourth-order valence-corrected chi connectivity index (χ4v) is 2.95. The fourth-order valence-electron chi connectivity index (χ4n) is 2.95. The maximum atomic E-state index is 12.7. The van der Waals surface area contributed by atoms with Gasteiger partial charge in [-0.25, -0.2) is 4.98 Å². The summed E-state index contributed by atoms with van der Waals surface area (Å²) in [5.41, 5.74) is 0.901. The first kappa shape index (κ1) is 15.6. The highest BCUT2D eigenvalue weighted by Gasteiger charge is 2.34. The zero-order chi connectivity index (χ0) is 16.4. The van der Waals surface area contributed by atoms with E-state index >= 15 is 0 Å². The third-order valence-electron chi connectivity index (χ3n) is 4.02. The molecular weight excluding hydrogens is 296 g/mol. The van der Waals surface area contributed by atoms with Crippen molar-refractivity contribution in [2.45, 2.75) is 32.4 Å². The van der Waals surface area contributed by atoms with E-state index in [4.69, 9.17) is 9.15 Å². The van der Waals surface area contributed by atoms with Gasteiger partial charge in [-0.15, -0.1) is 0 Å². The molecule has 0 saturated carbocycles. The maximum absolute atomic E-state index is 12.7. The van der Waals surface area contributed by atoms with E-state index in [1.165, 1.54) is 0 Å². The highest BCUT2D eigenvalue weighted by molar-refractivity contribution is 5.95. The predicted molar refractivity (Wildman–Crippen MR) is 83.1 cm³/mol. The van der Waals surface area contributed by atoms with Crippen LogP contribution < -0.4 is 0 Å². The summed E-state index contributed by atoms with van der Waals surface area (Å²) in [5.74, 6) is 1.13. The summed E-state index contributed by atoms with van der Waals surface area (Å²) in [6.45, 7) is 2.85. The number of carbonyl (C=O) groups is 1. The Morgan fingerprint density at radius 2 is 2.35 bits per heavy atom. The Bertz CT molecular complexity index is 710. The Balaban J connectivity index is 1.84. The highest BCUT2D eigenvalue weighted by Crippen LogP contribution is 2.35. The molecule has 122 valence electrons. The van der Waals surface area contributed by atoms with E-state index in [2.05, 4.69) is 4.98 Å². The van der Waals surface area contributed by atoms with Crippen molar-refractivity contribution < 1.29 is 19.1 Å². The van der Waals surface area contributed by atoms with Gasteiger partial charge < -0.3 is 19.2 Å². The predicted octanol–water partition coefficient (Wildman–Crippen LogP) is 2.81. The molecule has 0 spiro atoms. The van der Waals surface area contributed by atoms with Crippen LogP contribution in [0.5, 0.6) is 5.75 Å². The minimum absolute atomic E-state index is 0.0832. The van der Waals surface area contributed by atoms with Crippen molar-refractivity contribution in [1.29, 1.82) is 0 Å². The topological polar surface area (TPSA) is 75.8 Å². The van der Waals surface area contributed by atoms with Crippen LogP contribution in [0.3, 0.4) is 0 Å². The Hall–Kier alpha value is -2.34. The number of carbonyl (C=O) groups excluding carboxylic acids is 1. The second kappa shape index (κ2) is 6.42. The lowest BCUT2D eigenvalue weighted by Gasteiger charge is -2.23. The minimum atomic E-state index is -0.269. The molecule has 0 radical (unpaired) electrons. The van der Waals surface area contributed by atoms with Crippen molar-refractivity contribution in [3.8, 4) is 5.75 Å². The van der Waals surface area contributed by atoms with Gasteiger partial charge in [0.2, 0.25) is 0 Å². The lowest BCUT2D eigenvalue weighted by atomic mass is 10.1. The summed E-state index contributed by atoms with van der Waals surface area (Å²) >= 11 is 0. The van der Waals surface area contributed by atoms with Gasteiger partial charge in [-0.3, -0.25) is 4.79 Å². The molecule has 6 heteroatoms. The summed E-state index contributed by atoms with van der Waals surface area (Å²) in [6.07, 6.45) is 3.31. The summed E-state index contributed by atoms with van der Waals surface area (Å²) in [4.78, 5) is 18.5. The molecule has 3 heterocycles. The quantitative estimate of drug-likeness (QED) is 0.938. The molecule has 3 rings (SSSR count). The van der Waals surface area contributed by atoms with Crippen molar-refractivity contribution in [3.63, 3.8) is 0 Å². The van der Waals surface area contributed by atoms with Crippen molar-refractivity contribution in [2.24, 2.45) is 0 Å². The van der Waals surface area contributed by atoms with Crippen LogP contribution in [0.2, 0.25) is 0 Å². The molecule has 0 bridgehead atoms. The van der Waals surface area contributed by atoms with Gasteiger partial charge in [0.15, 0.2) is 5.69 Å². The van der Waals surface area contributed by atoms with E-state index in [-0.39, 0.29) is 23.4 Å². The van der Waals surface area contributed by atoms with Gasteiger partial charge in [0.1, 0.15) is 23.9 Å². The van der Waals surface area contributed by atoms with Crippen molar-refractivity contribution in [1.82, 2.24) is 9.88 Å². The Morgan fingerprint density at radius 1 is 1.52 bits per heavy atom. The Morgan fingerprint density at radius 3 is 3.09 bits per heavy atom. The molecule has 2 aromatic rings. The number of hydrogen-bond acceptors (Lipinski definition) is 5. The van der Waals surface area contributed by atoms with Crippen molar-refractivity contribution in [3.05, 3.63) is 47.2 Å². The summed E-state index contributed by atoms with van der Waals surface area (Å²) < 4.78 is 10.8. The third-order valence-corrected chi connectivity index (χ3v) is 4.02. The number of aromatic hydroxyl groups is 1. The van der Waals surface area contributed by atoms with Crippen LogP contribution in [0, 0.1) is 6.92 Å². The molecule has 1 saturated heterocycles. The van der Waals surface area contributed by atoms with E-state index in [1.807, 2.05) is 19.1 Å². The van der Waals surface area contributed by atoms with Crippen LogP contribution in [0.25, 0.3) is 0 Å². The number of nitrogens with zero attached hydrogens (tertiary/aromatic N) is 2. The number of ether oxygens (including phenoxy) is 1. The Kier molecular flexibility index (Phi) is 4.34. The summed E-state index contributed by atoms with van der Waals surface area (Å²) in [7, 11) is 1.61. The molecule has 6 nitrogen and oxygen atoms in total. The van der Waals surface area contributed by atoms with E-state index in [0.717, 1.165) is 29.9 Å². The summed E-state index contributed by atoms with van der Waals surface area (Å²) in [6, 6.07) is 5.17. The van der Waals surface area contributed by atoms with Gasteiger partial charge in [0, 0.05) is 19.9 Å². The van der Waals surface area contributed by atoms with E-state index in [9.17, 15) is 9.90 Å². The minimum Gasteiger partial charge on any atom is -0.505 e. The smallest absolute Gasteiger partial charge is 0.276 e. The maximum Gasteiger partial charge on any atom is 0.276 e. The van der Waals surface area contributed by atoms with Crippen molar-refractivity contribution in [2.75, 3.05) is 13.7 Å². The van der Waals surface area contributed by atoms with Gasteiger partial charge in [-0.2, -0.15) is 0 Å². The number of amides is 1. The highest BCUT2D eigenvalue weighted by atomic mass is 16.5. The number of rotatable bonds is 4. The molecule has 0 aromatic carbocycles. The van der Waals surface area contributed by atoms with Gasteiger partial charge in [0.05, 0.1) is 6.04 Å². The largest absolute Gasteiger partial charge is 0.505 e. The van der Waals surface area contributed by atoms with E-state index in [0.29, 0.717) is 13.2 Å². The first-order chi connectivity index (χ1) is 11.1. The molecule has 0 aliphatic carbocycles. The summed E-state index contributed by atoms with van der Waals surface area (Å²) in [5, 5.41) is 10.0. The zero-order valence-corrected chi connectivity index (χ0v) is 13.3. The average Bonchev–Trinajstić information content (AvgIpc) is 3.15. The molecule has 23 heavy (non-hydrogen) atoms. The second-order valence-corrected chi connectivity index (χ2v) is 5.77. The van der Waals surface area contributed by atoms with Crippen LogP contribution in [-0.2, 0) is 11.3 Å². The Labute approximate surface area is 134 Å². The van der Waals surface area contributed by atoms with Crippen molar-refractivity contribution >= 4 is 5.91 Å². The number of aromatic nitrogens is 1. The molecular formula is C17H20N2O4. The second-order valence-electron chi connectivity index (χ2n) is 5.77. The first-order valence-corrected chi connectivity index (χ1v) is 7.64. The number of aryl methyl sites for hydroxylation is 1. The zero-order valence-electron chi connectivity index (χ0n) is 13.3. The number of pyridine rings is 1. The van der Waals surface area contributed by atoms with Gasteiger partial charge in [-0.1, -0.05) is 0 Å². The van der Waals surface area contributed by atoms with Gasteiger partial charge >= 0.3 is 0 Å². The normalized spacial score (nSPS) is 17.7. The van der Waals surface area contributed by atoms with E-state index in [1.54, 1.807) is 24.3 Å². The van der Waals surface area contributed by atoms with Crippen LogP contribution in [0.4, 0.5) is 0 Å². The molecule has 2 aromatic heterocycles. The van der Waals surface area contributed by atoms with Gasteiger partial charge in [-0.05, 0) is 43.5 Å². The number of methoxy groups -OCH3 is 1. The van der Waals surface area contributed by atoms with Crippen LogP contribution in [0.1, 0.15) is 46.5 Å². The average molecular weight is 316 g/mol. The molecule has 1 atom stereocenters. The molecule has 1 N–H and O–H groups in total. The lowest BCUT2D eigenvalue weighted by Crippen LogP contribution is -2.31. The lowest BCUT2D eigenvalue weighted by molar-refractivity contribution is 0.0706. The van der Waals surface area contributed by atoms with Gasteiger partial charge in [0.25, 0.3) is 5.91 Å². The SMILES string of the molecule is COCc1ccc(C2CCCN2C(=O)c2ncc(C)cc2O)o1. The molecule has 1 aliphatic heterocycles. The van der Waals surface area contributed by atoms with Crippen LogP contribution in [0.15, 0.2) is 28.8 Å².